The Balaban J connectivity index is 2.22. The highest BCUT2D eigenvalue weighted by Gasteiger charge is 2.13. The van der Waals surface area contributed by atoms with Gasteiger partial charge in [0, 0.05) is 13.2 Å². The third-order valence-corrected chi connectivity index (χ3v) is 3.12. The molecule has 106 valence electrons. The molecule has 0 aliphatic carbocycles. The van der Waals surface area contributed by atoms with Gasteiger partial charge in [0.1, 0.15) is 0 Å². The van der Waals surface area contributed by atoms with E-state index < -0.39 is 6.04 Å². The van der Waals surface area contributed by atoms with Gasteiger partial charge in [-0.25, -0.2) is 0 Å². The van der Waals surface area contributed by atoms with Crippen LogP contribution in [0.25, 0.3) is 0 Å². The Morgan fingerprint density at radius 3 is 2.68 bits per heavy atom. The summed E-state index contributed by atoms with van der Waals surface area (Å²) >= 11 is 0. The quantitative estimate of drug-likeness (QED) is 0.615. The lowest BCUT2D eigenvalue weighted by Gasteiger charge is -2.13. The van der Waals surface area contributed by atoms with Gasteiger partial charge in [0.25, 0.3) is 0 Å². The zero-order chi connectivity index (χ0) is 14.1. The van der Waals surface area contributed by atoms with E-state index >= 15 is 0 Å². The number of rotatable bonds is 8. The molecule has 4 N–H and O–H groups in total. The van der Waals surface area contributed by atoms with E-state index in [-0.39, 0.29) is 18.4 Å². The fourth-order valence-corrected chi connectivity index (χ4v) is 1.85. The third kappa shape index (κ3) is 6.36. The van der Waals surface area contributed by atoms with Gasteiger partial charge in [-0.3, -0.25) is 4.79 Å². The molecule has 19 heavy (non-hydrogen) atoms. The second-order valence-electron chi connectivity index (χ2n) is 5.02. The highest BCUT2D eigenvalue weighted by Crippen LogP contribution is 2.04. The zero-order valence-electron chi connectivity index (χ0n) is 11.5. The molecule has 0 aliphatic heterocycles. The summed E-state index contributed by atoms with van der Waals surface area (Å²) in [6.45, 7) is 2.80. The fourth-order valence-electron chi connectivity index (χ4n) is 1.85. The summed E-state index contributed by atoms with van der Waals surface area (Å²) in [7, 11) is 0. The molecule has 0 bridgehead atoms. The highest BCUT2D eigenvalue weighted by atomic mass is 16.3. The van der Waals surface area contributed by atoms with Gasteiger partial charge in [0.2, 0.25) is 5.91 Å². The fraction of sp³-hybridized carbons (Fsp3) is 0.533. The van der Waals surface area contributed by atoms with Crippen LogP contribution >= 0.6 is 0 Å². The van der Waals surface area contributed by atoms with Gasteiger partial charge in [-0.1, -0.05) is 37.3 Å². The van der Waals surface area contributed by atoms with Crippen LogP contribution in [0.15, 0.2) is 30.3 Å². The van der Waals surface area contributed by atoms with Gasteiger partial charge >= 0.3 is 0 Å². The molecule has 2 unspecified atom stereocenters. The Morgan fingerprint density at radius 1 is 1.37 bits per heavy atom. The summed E-state index contributed by atoms with van der Waals surface area (Å²) in [5.41, 5.74) is 6.93. The van der Waals surface area contributed by atoms with E-state index in [4.69, 9.17) is 10.8 Å². The van der Waals surface area contributed by atoms with Gasteiger partial charge in [0.05, 0.1) is 6.04 Å². The van der Waals surface area contributed by atoms with E-state index in [9.17, 15) is 4.79 Å². The van der Waals surface area contributed by atoms with Crippen LogP contribution in [0.1, 0.15) is 25.3 Å². The van der Waals surface area contributed by atoms with E-state index in [1.165, 1.54) is 0 Å². The Bertz CT molecular complexity index is 368. The Kier molecular flexibility index (Phi) is 7.15. The Labute approximate surface area is 115 Å². The van der Waals surface area contributed by atoms with Crippen molar-refractivity contribution in [1.82, 2.24) is 5.32 Å². The standard InChI is InChI=1S/C15H24N2O2/c1-12(11-18)6-5-9-17-15(19)14(16)10-13-7-3-2-4-8-13/h2-4,7-8,12,14,18H,5-6,9-11,16H2,1H3,(H,17,19). The van der Waals surface area contributed by atoms with Crippen LogP contribution in [0.3, 0.4) is 0 Å². The second kappa shape index (κ2) is 8.67. The molecule has 0 spiro atoms. The van der Waals surface area contributed by atoms with E-state index in [2.05, 4.69) is 5.32 Å². The number of amides is 1. The van der Waals surface area contributed by atoms with Crippen LogP contribution in [0.2, 0.25) is 0 Å². The molecule has 0 radical (unpaired) electrons. The number of hydrogen-bond acceptors (Lipinski definition) is 3. The number of aliphatic hydroxyl groups is 1. The first-order valence-corrected chi connectivity index (χ1v) is 6.81. The van der Waals surface area contributed by atoms with Crippen LogP contribution < -0.4 is 11.1 Å². The van der Waals surface area contributed by atoms with Gasteiger partial charge in [-0.05, 0) is 30.7 Å². The summed E-state index contributed by atoms with van der Waals surface area (Å²) in [5, 5.41) is 11.7. The molecule has 4 heteroatoms. The summed E-state index contributed by atoms with van der Waals surface area (Å²) in [6, 6.07) is 9.26. The normalized spacial score (nSPS) is 13.8. The molecule has 0 heterocycles. The lowest BCUT2D eigenvalue weighted by Crippen LogP contribution is -2.42. The van der Waals surface area contributed by atoms with E-state index in [0.717, 1.165) is 18.4 Å². The van der Waals surface area contributed by atoms with Crippen molar-refractivity contribution >= 4 is 5.91 Å². The molecule has 4 nitrogen and oxygen atoms in total. The van der Waals surface area contributed by atoms with Crippen molar-refractivity contribution in [3.63, 3.8) is 0 Å². The summed E-state index contributed by atoms with van der Waals surface area (Å²) in [6.07, 6.45) is 2.33. The average molecular weight is 264 g/mol. The maximum Gasteiger partial charge on any atom is 0.237 e. The first kappa shape index (κ1) is 15.7. The zero-order valence-corrected chi connectivity index (χ0v) is 11.5. The van der Waals surface area contributed by atoms with Crippen molar-refractivity contribution < 1.29 is 9.90 Å². The van der Waals surface area contributed by atoms with Crippen molar-refractivity contribution in [3.05, 3.63) is 35.9 Å². The van der Waals surface area contributed by atoms with E-state index in [1.54, 1.807) is 0 Å². The molecule has 1 amide bonds. The minimum absolute atomic E-state index is 0.111. The largest absolute Gasteiger partial charge is 0.396 e. The van der Waals surface area contributed by atoms with E-state index in [0.29, 0.717) is 13.0 Å². The van der Waals surface area contributed by atoms with Crippen LogP contribution in [0.4, 0.5) is 0 Å². The Hall–Kier alpha value is -1.39. The average Bonchev–Trinajstić information content (AvgIpc) is 2.44. The van der Waals surface area contributed by atoms with Gasteiger partial charge < -0.3 is 16.2 Å². The SMILES string of the molecule is CC(CO)CCCNC(=O)C(N)Cc1ccccc1. The van der Waals surface area contributed by atoms with Crippen molar-refractivity contribution in [2.45, 2.75) is 32.2 Å². The van der Waals surface area contributed by atoms with Crippen molar-refractivity contribution in [3.8, 4) is 0 Å². The summed E-state index contributed by atoms with van der Waals surface area (Å²) in [5.74, 6) is 0.176. The lowest BCUT2D eigenvalue weighted by atomic mass is 10.1. The number of benzene rings is 1. The number of carbonyl (C=O) groups is 1. The monoisotopic (exact) mass is 264 g/mol. The van der Waals surface area contributed by atoms with Crippen molar-refractivity contribution in [2.24, 2.45) is 11.7 Å². The molecule has 0 saturated heterocycles. The highest BCUT2D eigenvalue weighted by molar-refractivity contribution is 5.81. The molecule has 0 aliphatic rings. The van der Waals surface area contributed by atoms with Crippen molar-refractivity contribution in [1.29, 1.82) is 0 Å². The van der Waals surface area contributed by atoms with Crippen LogP contribution in [0, 0.1) is 5.92 Å². The first-order valence-electron chi connectivity index (χ1n) is 6.81. The number of hydrogen-bond donors (Lipinski definition) is 3. The molecule has 0 aromatic heterocycles. The number of nitrogens with two attached hydrogens (primary N) is 1. The topological polar surface area (TPSA) is 75.3 Å². The van der Waals surface area contributed by atoms with Crippen molar-refractivity contribution in [2.75, 3.05) is 13.2 Å². The minimum Gasteiger partial charge on any atom is -0.396 e. The maximum absolute atomic E-state index is 11.8. The van der Waals surface area contributed by atoms with Crippen LogP contribution in [0.5, 0.6) is 0 Å². The van der Waals surface area contributed by atoms with Gasteiger partial charge in [-0.15, -0.1) is 0 Å². The number of aliphatic hydroxyl groups excluding tert-OH is 1. The molecule has 1 rings (SSSR count). The Morgan fingerprint density at radius 2 is 2.05 bits per heavy atom. The smallest absolute Gasteiger partial charge is 0.237 e. The van der Waals surface area contributed by atoms with Gasteiger partial charge in [0.15, 0.2) is 0 Å². The third-order valence-electron chi connectivity index (χ3n) is 3.12. The first-order chi connectivity index (χ1) is 9.13. The van der Waals surface area contributed by atoms with Gasteiger partial charge in [-0.2, -0.15) is 0 Å². The van der Waals surface area contributed by atoms with Crippen LogP contribution in [-0.4, -0.2) is 30.2 Å². The van der Waals surface area contributed by atoms with E-state index in [1.807, 2.05) is 37.3 Å². The molecular formula is C15H24N2O2. The second-order valence-corrected chi connectivity index (χ2v) is 5.02. The molecular weight excluding hydrogens is 240 g/mol. The minimum atomic E-state index is -0.502. The summed E-state index contributed by atoms with van der Waals surface area (Å²) < 4.78 is 0. The molecule has 0 saturated carbocycles. The maximum atomic E-state index is 11.8. The molecule has 0 fully saturated rings. The molecule has 1 aromatic carbocycles. The molecule has 2 atom stereocenters. The summed E-state index contributed by atoms with van der Waals surface area (Å²) in [4.78, 5) is 11.8. The van der Waals surface area contributed by atoms with Crippen LogP contribution in [-0.2, 0) is 11.2 Å². The predicted octanol–water partition coefficient (Wildman–Crippen LogP) is 1.08. The number of nitrogens with one attached hydrogen (secondary N) is 1. The predicted molar refractivity (Wildman–Crippen MR) is 76.6 cm³/mol. The number of carbonyl (C=O) groups excluding carboxylic acids is 1. The lowest BCUT2D eigenvalue weighted by molar-refractivity contribution is -0.122. The molecule has 1 aromatic rings.